The maximum atomic E-state index is 14.6. The third-order valence-electron chi connectivity index (χ3n) is 18.9. The Labute approximate surface area is 376 Å². The molecule has 64 heavy (non-hydrogen) atoms. The Morgan fingerprint density at radius 3 is 1.92 bits per heavy atom. The lowest BCUT2D eigenvalue weighted by Gasteiger charge is -2.71. The van der Waals surface area contributed by atoms with Crippen molar-refractivity contribution in [3.8, 4) is 0 Å². The Morgan fingerprint density at radius 2 is 1.28 bits per heavy atom. The Bertz CT molecular complexity index is 1740. The number of carbonyl (C=O) groups is 1. The predicted octanol–water partition coefficient (Wildman–Crippen LogP) is 0.780. The molecular formula is C47H76O17. The third kappa shape index (κ3) is 7.58. The molecule has 0 aromatic rings. The number of aliphatic hydroxyl groups excluding tert-OH is 10. The van der Waals surface area contributed by atoms with E-state index in [0.717, 1.165) is 44.9 Å². The summed E-state index contributed by atoms with van der Waals surface area (Å²) in [6.07, 6.45) is -10.9. The number of fused-ring (bicyclic) bond motifs is 7. The number of esters is 1. The van der Waals surface area contributed by atoms with Crippen molar-refractivity contribution < 1.29 is 84.3 Å². The monoisotopic (exact) mass is 913 g/mol. The van der Waals surface area contributed by atoms with E-state index in [-0.39, 0.29) is 51.6 Å². The van der Waals surface area contributed by atoms with E-state index in [1.807, 2.05) is 0 Å². The van der Waals surface area contributed by atoms with Crippen molar-refractivity contribution in [2.24, 2.45) is 50.2 Å². The molecule has 0 aromatic heterocycles. The minimum Gasteiger partial charge on any atom is -0.432 e. The van der Waals surface area contributed by atoms with Crippen LogP contribution in [0.4, 0.5) is 0 Å². The van der Waals surface area contributed by atoms with Gasteiger partial charge in [-0.15, -0.1) is 0 Å². The topological polar surface area (TPSA) is 275 Å². The summed E-state index contributed by atoms with van der Waals surface area (Å²) < 4.78 is 35.6. The quantitative estimate of drug-likeness (QED) is 0.0916. The van der Waals surface area contributed by atoms with Crippen molar-refractivity contribution >= 4 is 5.97 Å². The Morgan fingerprint density at radius 1 is 0.672 bits per heavy atom. The molecule has 5 aliphatic carbocycles. The van der Waals surface area contributed by atoms with Gasteiger partial charge in [0.1, 0.15) is 67.1 Å². The molecule has 3 aliphatic heterocycles. The fourth-order valence-corrected chi connectivity index (χ4v) is 14.8. The second-order valence-corrected chi connectivity index (χ2v) is 23.0. The molecule has 0 amide bonds. The highest BCUT2D eigenvalue weighted by Gasteiger charge is 2.70. The number of hydrogen-bond acceptors (Lipinski definition) is 17. The summed E-state index contributed by atoms with van der Waals surface area (Å²) >= 11 is 0. The van der Waals surface area contributed by atoms with Crippen molar-refractivity contribution in [1.29, 1.82) is 0 Å². The molecule has 3 saturated heterocycles. The summed E-state index contributed by atoms with van der Waals surface area (Å²) in [6.45, 7) is 14.7. The first-order valence-corrected chi connectivity index (χ1v) is 23.7. The first-order chi connectivity index (χ1) is 29.9. The summed E-state index contributed by atoms with van der Waals surface area (Å²) in [4.78, 5) is 14.6. The van der Waals surface area contributed by atoms with Crippen molar-refractivity contribution in [3.63, 3.8) is 0 Å². The van der Waals surface area contributed by atoms with Gasteiger partial charge in [-0.05, 0) is 109 Å². The SMILES string of the molecule is CC1(C)CC[C@]2(C(=O)O[C@@H]3O[C@H](CO)[C@@H](O)[C@H](O)[C@H]3O)CC[C@]3(C)C(=CC[C@@H]4[C@@]5(C)CC[C@H](O[C@@H]6OC[C@H](O)[C@H](O[C@@H]7O[C@H](CO)[C@H](O)[C@H](O)[C@H]7O)[C@H]6O)C(C)(C)[C@H]5CC[C@]43C)[C@H]2C1. The molecule has 10 N–H and O–H groups in total. The third-order valence-corrected chi connectivity index (χ3v) is 18.9. The molecule has 7 fully saturated rings. The van der Waals surface area contributed by atoms with Crippen LogP contribution in [0.2, 0.25) is 0 Å². The summed E-state index contributed by atoms with van der Waals surface area (Å²) in [6, 6.07) is 0. The van der Waals surface area contributed by atoms with Gasteiger partial charge in [0.05, 0.1) is 31.3 Å². The van der Waals surface area contributed by atoms with Crippen LogP contribution in [0.3, 0.4) is 0 Å². The van der Waals surface area contributed by atoms with Gasteiger partial charge in [-0.1, -0.05) is 60.1 Å². The van der Waals surface area contributed by atoms with Crippen molar-refractivity contribution in [2.75, 3.05) is 19.8 Å². The Hall–Kier alpha value is -1.39. The van der Waals surface area contributed by atoms with Crippen LogP contribution in [0.5, 0.6) is 0 Å². The molecule has 0 bridgehead atoms. The van der Waals surface area contributed by atoms with E-state index in [1.54, 1.807) is 0 Å². The van der Waals surface area contributed by atoms with Crippen molar-refractivity contribution in [3.05, 3.63) is 11.6 Å². The average molecular weight is 913 g/mol. The molecule has 17 nitrogen and oxygen atoms in total. The predicted molar refractivity (Wildman–Crippen MR) is 224 cm³/mol. The van der Waals surface area contributed by atoms with Crippen LogP contribution < -0.4 is 0 Å². The van der Waals surface area contributed by atoms with E-state index in [9.17, 15) is 55.9 Å². The van der Waals surface area contributed by atoms with Gasteiger partial charge in [-0.25, -0.2) is 0 Å². The van der Waals surface area contributed by atoms with Gasteiger partial charge in [0.25, 0.3) is 0 Å². The van der Waals surface area contributed by atoms with Gasteiger partial charge in [0, 0.05) is 0 Å². The average Bonchev–Trinajstić information content (AvgIpc) is 3.24. The number of aliphatic hydroxyl groups is 10. The van der Waals surface area contributed by atoms with Gasteiger partial charge in [-0.2, -0.15) is 0 Å². The van der Waals surface area contributed by atoms with E-state index in [2.05, 4.69) is 54.5 Å². The molecule has 0 unspecified atom stereocenters. The smallest absolute Gasteiger partial charge is 0.315 e. The maximum absolute atomic E-state index is 14.6. The van der Waals surface area contributed by atoms with Crippen LogP contribution in [0.1, 0.15) is 113 Å². The van der Waals surface area contributed by atoms with Crippen molar-refractivity contribution in [2.45, 2.75) is 205 Å². The van der Waals surface area contributed by atoms with Gasteiger partial charge in [-0.3, -0.25) is 4.79 Å². The lowest BCUT2D eigenvalue weighted by molar-refractivity contribution is -0.357. The maximum Gasteiger partial charge on any atom is 0.315 e. The number of rotatable bonds is 8. The van der Waals surface area contributed by atoms with E-state index < -0.39 is 111 Å². The fraction of sp³-hybridized carbons (Fsp3) is 0.936. The van der Waals surface area contributed by atoms with E-state index >= 15 is 0 Å². The molecule has 22 atom stereocenters. The zero-order valence-corrected chi connectivity index (χ0v) is 38.5. The highest BCUT2D eigenvalue weighted by atomic mass is 16.7. The molecule has 366 valence electrons. The first-order valence-electron chi connectivity index (χ1n) is 23.7. The minimum absolute atomic E-state index is 0.0414. The van der Waals surface area contributed by atoms with Gasteiger partial charge >= 0.3 is 5.97 Å². The van der Waals surface area contributed by atoms with Crippen LogP contribution in [-0.4, -0.2) is 169 Å². The first kappa shape index (κ1) is 49.0. The van der Waals surface area contributed by atoms with Crippen LogP contribution >= 0.6 is 0 Å². The van der Waals surface area contributed by atoms with Crippen LogP contribution in [0, 0.1) is 50.2 Å². The lowest BCUT2D eigenvalue weighted by atomic mass is 9.33. The molecule has 0 radical (unpaired) electrons. The second-order valence-electron chi connectivity index (χ2n) is 23.0. The molecule has 3 heterocycles. The normalized spacial score (nSPS) is 53.4. The fourth-order valence-electron chi connectivity index (χ4n) is 14.8. The van der Waals surface area contributed by atoms with Crippen LogP contribution in [0.25, 0.3) is 0 Å². The number of hydrogen-bond donors (Lipinski definition) is 10. The highest BCUT2D eigenvalue weighted by Crippen LogP contribution is 2.76. The van der Waals surface area contributed by atoms with Crippen LogP contribution in [0.15, 0.2) is 11.6 Å². The Kier molecular flexibility index (Phi) is 13.2. The molecule has 4 saturated carbocycles. The van der Waals surface area contributed by atoms with Crippen LogP contribution in [-0.2, 0) is 33.2 Å². The standard InChI is InChI=1S/C47H76O17/c1-42(2)14-16-47(41(58)64-40-35(56)33(54)31(52)26(20-49)61-40)17-15-45(6)22(23(47)18-42)8-9-28-44(5)12-11-29(43(3,4)27(44)10-13-46(28,45)7)62-38-36(57)37(24(50)21-59-38)63-39-34(55)32(53)30(51)25(19-48)60-39/h8,23-40,48-57H,9-21H2,1-7H3/t23-,24+,25-,26-,27-,28-,29+,30+,31-,32+,33+,34-,35-,36-,37+,38+,39+,40+,44+,45-,46-,47+/m1/s1. The summed E-state index contributed by atoms with van der Waals surface area (Å²) in [5.74, 6) is -0.0598. The van der Waals surface area contributed by atoms with Gasteiger partial charge in [0.15, 0.2) is 12.6 Å². The summed E-state index contributed by atoms with van der Waals surface area (Å²) in [5.41, 5.74) is -0.434. The van der Waals surface area contributed by atoms with Gasteiger partial charge < -0.3 is 79.5 Å². The van der Waals surface area contributed by atoms with E-state index in [4.69, 9.17) is 28.4 Å². The Balaban J connectivity index is 1.01. The minimum atomic E-state index is -1.72. The molecule has 8 aliphatic rings. The summed E-state index contributed by atoms with van der Waals surface area (Å²) in [7, 11) is 0. The highest BCUT2D eigenvalue weighted by molar-refractivity contribution is 5.79. The lowest BCUT2D eigenvalue weighted by Crippen LogP contribution is -2.66. The summed E-state index contributed by atoms with van der Waals surface area (Å²) in [5, 5.41) is 105. The molecule has 0 spiro atoms. The number of allylic oxidation sites excluding steroid dienone is 2. The van der Waals surface area contributed by atoms with E-state index in [1.165, 1.54) is 5.57 Å². The van der Waals surface area contributed by atoms with Crippen molar-refractivity contribution in [1.82, 2.24) is 0 Å². The molecule has 0 aromatic carbocycles. The van der Waals surface area contributed by atoms with E-state index in [0.29, 0.717) is 25.2 Å². The number of carbonyl (C=O) groups excluding carboxylic acids is 1. The van der Waals surface area contributed by atoms with Gasteiger partial charge in [0.2, 0.25) is 6.29 Å². The second kappa shape index (κ2) is 17.2. The molecule has 17 heteroatoms. The molecular weight excluding hydrogens is 836 g/mol. The number of ether oxygens (including phenoxy) is 6. The zero-order valence-electron chi connectivity index (χ0n) is 38.5. The largest absolute Gasteiger partial charge is 0.432 e. The molecule has 8 rings (SSSR count). The zero-order chi connectivity index (χ0) is 46.7.